The maximum Gasteiger partial charge on any atom is 0.239 e. The Balaban J connectivity index is 3.05. The Morgan fingerprint density at radius 3 is 2.38 bits per heavy atom. The molecule has 1 atom stereocenters. The zero-order valence-electron chi connectivity index (χ0n) is 10.2. The first-order valence-electron chi connectivity index (χ1n) is 5.66. The molecule has 3 N–H and O–H groups in total. The summed E-state index contributed by atoms with van der Waals surface area (Å²) in [5.41, 5.74) is 8.67. The van der Waals surface area contributed by atoms with Crippen molar-refractivity contribution in [2.75, 3.05) is 6.54 Å². The van der Waals surface area contributed by atoms with Crippen molar-refractivity contribution in [1.29, 1.82) is 0 Å². The first kappa shape index (κ1) is 12.7. The Bertz CT molecular complexity index is 354. The van der Waals surface area contributed by atoms with Crippen LogP contribution in [-0.4, -0.2) is 12.5 Å². The highest BCUT2D eigenvalue weighted by molar-refractivity contribution is 5.82. The van der Waals surface area contributed by atoms with E-state index in [1.165, 1.54) is 0 Å². The summed E-state index contributed by atoms with van der Waals surface area (Å²) >= 11 is 0. The highest BCUT2D eigenvalue weighted by Gasteiger charge is 2.20. The number of primary amides is 1. The lowest BCUT2D eigenvalue weighted by Crippen LogP contribution is -2.35. The molecule has 0 aliphatic carbocycles. The highest BCUT2D eigenvalue weighted by Crippen LogP contribution is 2.21. The van der Waals surface area contributed by atoms with Gasteiger partial charge in [0, 0.05) is 0 Å². The molecule has 1 aromatic carbocycles. The fourth-order valence-corrected chi connectivity index (χ4v) is 1.92. The number of aryl methyl sites for hydroxylation is 2. The van der Waals surface area contributed by atoms with Crippen molar-refractivity contribution in [2.24, 2.45) is 5.73 Å². The van der Waals surface area contributed by atoms with Crippen LogP contribution in [0.15, 0.2) is 18.2 Å². The average molecular weight is 220 g/mol. The summed E-state index contributed by atoms with van der Waals surface area (Å²) in [6, 6.07) is 5.63. The van der Waals surface area contributed by atoms with E-state index in [-0.39, 0.29) is 11.9 Å². The van der Waals surface area contributed by atoms with E-state index < -0.39 is 0 Å². The standard InChI is InChI=1S/C13H20N2O/c1-4-8-15-12(13(14)16)11-9(2)6-5-7-10(11)3/h5-7,12,15H,4,8H2,1-3H3,(H2,14,16). The summed E-state index contributed by atoms with van der Waals surface area (Å²) in [4.78, 5) is 11.5. The summed E-state index contributed by atoms with van der Waals surface area (Å²) in [7, 11) is 0. The molecular formula is C13H20N2O. The molecule has 1 unspecified atom stereocenters. The number of carbonyl (C=O) groups excluding carboxylic acids is 1. The molecule has 0 bridgehead atoms. The second-order valence-corrected chi connectivity index (χ2v) is 4.09. The Hall–Kier alpha value is -1.35. The number of benzene rings is 1. The summed E-state index contributed by atoms with van der Waals surface area (Å²) in [6.45, 7) is 6.87. The summed E-state index contributed by atoms with van der Waals surface area (Å²) in [6.07, 6.45) is 0.981. The third kappa shape index (κ3) is 2.83. The van der Waals surface area contributed by atoms with Crippen molar-refractivity contribution in [3.63, 3.8) is 0 Å². The maximum atomic E-state index is 11.5. The van der Waals surface area contributed by atoms with Crippen molar-refractivity contribution in [3.05, 3.63) is 34.9 Å². The van der Waals surface area contributed by atoms with Crippen molar-refractivity contribution in [3.8, 4) is 0 Å². The number of rotatable bonds is 5. The summed E-state index contributed by atoms with van der Waals surface area (Å²) in [5.74, 6) is -0.314. The van der Waals surface area contributed by atoms with Crippen molar-refractivity contribution in [2.45, 2.75) is 33.2 Å². The zero-order valence-corrected chi connectivity index (χ0v) is 10.2. The molecule has 3 heteroatoms. The molecule has 1 aromatic rings. The van der Waals surface area contributed by atoms with E-state index in [0.29, 0.717) is 0 Å². The second kappa shape index (κ2) is 5.66. The lowest BCUT2D eigenvalue weighted by atomic mass is 9.95. The van der Waals surface area contributed by atoms with Gasteiger partial charge in [0.15, 0.2) is 0 Å². The van der Waals surface area contributed by atoms with Crippen LogP contribution in [0.2, 0.25) is 0 Å². The molecule has 0 heterocycles. The van der Waals surface area contributed by atoms with Gasteiger partial charge >= 0.3 is 0 Å². The van der Waals surface area contributed by atoms with Crippen molar-refractivity contribution < 1.29 is 4.79 Å². The number of amides is 1. The molecule has 0 aromatic heterocycles. The minimum atomic E-state index is -0.374. The molecule has 0 aliphatic heterocycles. The van der Waals surface area contributed by atoms with Gasteiger partial charge < -0.3 is 11.1 Å². The van der Waals surface area contributed by atoms with Crippen LogP contribution in [0.1, 0.15) is 36.1 Å². The normalized spacial score (nSPS) is 12.4. The third-order valence-corrected chi connectivity index (χ3v) is 2.71. The van der Waals surface area contributed by atoms with Crippen LogP contribution < -0.4 is 11.1 Å². The van der Waals surface area contributed by atoms with Crippen LogP contribution in [-0.2, 0) is 4.79 Å². The minimum Gasteiger partial charge on any atom is -0.368 e. The predicted molar refractivity (Wildman–Crippen MR) is 66.1 cm³/mol. The van der Waals surface area contributed by atoms with Gasteiger partial charge in [-0.2, -0.15) is 0 Å². The van der Waals surface area contributed by atoms with E-state index in [1.807, 2.05) is 32.0 Å². The molecule has 0 radical (unpaired) electrons. The predicted octanol–water partition coefficient (Wildman–Crippen LogP) is 1.83. The Kier molecular flexibility index (Phi) is 4.50. The number of nitrogens with two attached hydrogens (primary N) is 1. The Labute approximate surface area is 97.0 Å². The van der Waals surface area contributed by atoms with Gasteiger partial charge in [-0.3, -0.25) is 4.79 Å². The number of nitrogens with one attached hydrogen (secondary N) is 1. The molecule has 0 saturated heterocycles. The molecule has 1 rings (SSSR count). The molecule has 0 fully saturated rings. The van der Waals surface area contributed by atoms with E-state index in [0.717, 1.165) is 29.7 Å². The van der Waals surface area contributed by atoms with E-state index in [4.69, 9.17) is 5.73 Å². The molecule has 16 heavy (non-hydrogen) atoms. The van der Waals surface area contributed by atoms with Crippen LogP contribution in [0.5, 0.6) is 0 Å². The average Bonchev–Trinajstić information content (AvgIpc) is 2.21. The molecule has 0 aliphatic rings. The fourth-order valence-electron chi connectivity index (χ4n) is 1.92. The van der Waals surface area contributed by atoms with Crippen molar-refractivity contribution in [1.82, 2.24) is 5.32 Å². The Morgan fingerprint density at radius 1 is 1.38 bits per heavy atom. The zero-order chi connectivity index (χ0) is 12.1. The van der Waals surface area contributed by atoms with Gasteiger partial charge in [0.2, 0.25) is 5.91 Å². The van der Waals surface area contributed by atoms with Gasteiger partial charge in [0.25, 0.3) is 0 Å². The van der Waals surface area contributed by atoms with E-state index in [9.17, 15) is 4.79 Å². The van der Waals surface area contributed by atoms with Gasteiger partial charge in [-0.25, -0.2) is 0 Å². The van der Waals surface area contributed by atoms with Crippen LogP contribution >= 0.6 is 0 Å². The van der Waals surface area contributed by atoms with E-state index in [2.05, 4.69) is 12.2 Å². The highest BCUT2D eigenvalue weighted by atomic mass is 16.1. The molecule has 0 spiro atoms. The van der Waals surface area contributed by atoms with Crippen LogP contribution in [0.25, 0.3) is 0 Å². The number of hydrogen-bond acceptors (Lipinski definition) is 2. The molecule has 0 saturated carbocycles. The summed E-state index contributed by atoms with van der Waals surface area (Å²) in [5, 5.41) is 3.19. The van der Waals surface area contributed by atoms with E-state index >= 15 is 0 Å². The topological polar surface area (TPSA) is 55.1 Å². The van der Waals surface area contributed by atoms with Gasteiger partial charge in [-0.15, -0.1) is 0 Å². The smallest absolute Gasteiger partial charge is 0.239 e. The number of hydrogen-bond donors (Lipinski definition) is 2. The first-order valence-corrected chi connectivity index (χ1v) is 5.66. The second-order valence-electron chi connectivity index (χ2n) is 4.09. The van der Waals surface area contributed by atoms with Gasteiger partial charge in [-0.1, -0.05) is 25.1 Å². The van der Waals surface area contributed by atoms with E-state index in [1.54, 1.807) is 0 Å². The fraction of sp³-hybridized carbons (Fsp3) is 0.462. The largest absolute Gasteiger partial charge is 0.368 e. The number of carbonyl (C=O) groups is 1. The van der Waals surface area contributed by atoms with Gasteiger partial charge in [-0.05, 0) is 43.5 Å². The van der Waals surface area contributed by atoms with Crippen LogP contribution in [0, 0.1) is 13.8 Å². The molecule has 3 nitrogen and oxygen atoms in total. The minimum absolute atomic E-state index is 0.314. The Morgan fingerprint density at radius 2 is 1.94 bits per heavy atom. The molecular weight excluding hydrogens is 200 g/mol. The molecule has 88 valence electrons. The monoisotopic (exact) mass is 220 g/mol. The SMILES string of the molecule is CCCNC(C(N)=O)c1c(C)cccc1C. The van der Waals surface area contributed by atoms with Gasteiger partial charge in [0.1, 0.15) is 6.04 Å². The lowest BCUT2D eigenvalue weighted by molar-refractivity contribution is -0.120. The van der Waals surface area contributed by atoms with Crippen LogP contribution in [0.3, 0.4) is 0 Å². The molecule has 1 amide bonds. The summed E-state index contributed by atoms with van der Waals surface area (Å²) < 4.78 is 0. The van der Waals surface area contributed by atoms with Crippen LogP contribution in [0.4, 0.5) is 0 Å². The van der Waals surface area contributed by atoms with Gasteiger partial charge in [0.05, 0.1) is 0 Å². The third-order valence-electron chi connectivity index (χ3n) is 2.71. The van der Waals surface area contributed by atoms with Crippen molar-refractivity contribution >= 4 is 5.91 Å². The first-order chi connectivity index (χ1) is 7.57. The lowest BCUT2D eigenvalue weighted by Gasteiger charge is -2.19. The quantitative estimate of drug-likeness (QED) is 0.795. The maximum absolute atomic E-state index is 11.5.